The highest BCUT2D eigenvalue weighted by atomic mass is 16.3. The summed E-state index contributed by atoms with van der Waals surface area (Å²) in [6.45, 7) is 0. The predicted octanol–water partition coefficient (Wildman–Crippen LogP) is 11.5. The zero-order valence-corrected chi connectivity index (χ0v) is 22.3. The SMILES string of the molecule is c1ccc(-c2ccc3ccc4c(-c5ccc(-c6cccc7c6oc6ccccc67)cc5)ccc5ccc2c3c54)cc1. The molecule has 0 aliphatic heterocycles. The summed E-state index contributed by atoms with van der Waals surface area (Å²) in [5.74, 6) is 0. The van der Waals surface area contributed by atoms with Crippen molar-refractivity contribution in [1.82, 2.24) is 0 Å². The highest BCUT2D eigenvalue weighted by molar-refractivity contribution is 6.27. The second kappa shape index (κ2) is 8.55. The Bertz CT molecular complexity index is 2390. The molecule has 0 N–H and O–H groups in total. The number of hydrogen-bond donors (Lipinski definition) is 0. The quantitative estimate of drug-likeness (QED) is 0.211. The van der Waals surface area contributed by atoms with E-state index in [1.165, 1.54) is 54.6 Å². The van der Waals surface area contributed by atoms with Crippen molar-refractivity contribution in [3.8, 4) is 33.4 Å². The van der Waals surface area contributed by atoms with Crippen molar-refractivity contribution < 1.29 is 4.42 Å². The molecule has 0 saturated heterocycles. The van der Waals surface area contributed by atoms with Crippen molar-refractivity contribution in [3.63, 3.8) is 0 Å². The number of furan rings is 1. The van der Waals surface area contributed by atoms with Crippen LogP contribution in [0.1, 0.15) is 0 Å². The van der Waals surface area contributed by atoms with Crippen molar-refractivity contribution in [2.24, 2.45) is 0 Å². The van der Waals surface area contributed by atoms with Gasteiger partial charge in [0, 0.05) is 16.3 Å². The first-order valence-corrected chi connectivity index (χ1v) is 14.1. The molecule has 0 spiro atoms. The molecule has 0 bridgehead atoms. The molecule has 1 heterocycles. The van der Waals surface area contributed by atoms with E-state index in [1.807, 2.05) is 12.1 Å². The van der Waals surface area contributed by atoms with Crippen LogP contribution in [0.15, 0.2) is 150 Å². The maximum atomic E-state index is 6.32. The van der Waals surface area contributed by atoms with Crippen LogP contribution in [0, 0.1) is 0 Å². The maximum absolute atomic E-state index is 6.32. The topological polar surface area (TPSA) is 13.1 Å². The van der Waals surface area contributed by atoms with E-state index < -0.39 is 0 Å². The van der Waals surface area contributed by atoms with Gasteiger partial charge in [-0.1, -0.05) is 140 Å². The fraction of sp³-hybridized carbons (Fsp3) is 0. The summed E-state index contributed by atoms with van der Waals surface area (Å²) in [6.07, 6.45) is 0. The van der Waals surface area contributed by atoms with Gasteiger partial charge < -0.3 is 4.42 Å². The van der Waals surface area contributed by atoms with Crippen molar-refractivity contribution in [2.75, 3.05) is 0 Å². The molecule has 0 unspecified atom stereocenters. The van der Waals surface area contributed by atoms with E-state index in [9.17, 15) is 0 Å². The van der Waals surface area contributed by atoms with Gasteiger partial charge in [0.25, 0.3) is 0 Å². The van der Waals surface area contributed by atoms with Gasteiger partial charge in [-0.3, -0.25) is 0 Å². The Morgan fingerprint density at radius 3 is 1.54 bits per heavy atom. The molecule has 41 heavy (non-hydrogen) atoms. The Hall–Kier alpha value is -5.40. The van der Waals surface area contributed by atoms with Crippen LogP contribution < -0.4 is 0 Å². The van der Waals surface area contributed by atoms with Crippen molar-refractivity contribution in [3.05, 3.63) is 146 Å². The van der Waals surface area contributed by atoms with Gasteiger partial charge in [0.15, 0.2) is 0 Å². The van der Waals surface area contributed by atoms with Gasteiger partial charge in [-0.25, -0.2) is 0 Å². The zero-order valence-electron chi connectivity index (χ0n) is 22.3. The summed E-state index contributed by atoms with van der Waals surface area (Å²) >= 11 is 0. The van der Waals surface area contributed by atoms with Crippen molar-refractivity contribution in [1.29, 1.82) is 0 Å². The Labute approximate surface area is 237 Å². The molecule has 9 aromatic rings. The first kappa shape index (κ1) is 22.4. The van der Waals surface area contributed by atoms with Crippen LogP contribution in [0.3, 0.4) is 0 Å². The summed E-state index contributed by atoms with van der Waals surface area (Å²) in [7, 11) is 0. The molecule has 0 amide bonds. The minimum atomic E-state index is 0.927. The average molecular weight is 521 g/mol. The average Bonchev–Trinajstić information content (AvgIpc) is 3.43. The second-order valence-electron chi connectivity index (χ2n) is 10.9. The molecule has 0 atom stereocenters. The molecule has 1 heteroatoms. The normalized spacial score (nSPS) is 11.9. The van der Waals surface area contributed by atoms with Crippen LogP contribution in [0.2, 0.25) is 0 Å². The number of hydrogen-bond acceptors (Lipinski definition) is 1. The van der Waals surface area contributed by atoms with Crippen molar-refractivity contribution >= 4 is 54.3 Å². The van der Waals surface area contributed by atoms with Crippen molar-refractivity contribution in [2.45, 2.75) is 0 Å². The highest BCUT2D eigenvalue weighted by Crippen LogP contribution is 2.43. The lowest BCUT2D eigenvalue weighted by Crippen LogP contribution is -1.89. The van der Waals surface area contributed by atoms with E-state index in [-0.39, 0.29) is 0 Å². The summed E-state index contributed by atoms with van der Waals surface area (Å²) in [6, 6.07) is 52.6. The first-order chi connectivity index (χ1) is 20.3. The van der Waals surface area contributed by atoms with Gasteiger partial charge in [0.1, 0.15) is 11.2 Å². The molecule has 0 aliphatic rings. The standard InChI is InChI=1S/C40H24O/c1-2-7-25(8-3-1)30-21-17-28-20-24-35-31(22-18-29-19-23-34(30)38(28)39(29)35)26-13-15-27(16-14-26)32-10-6-11-36-33-9-4-5-12-37(33)41-40(32)36/h1-24H. The number of rotatable bonds is 3. The third-order valence-electron chi connectivity index (χ3n) is 8.66. The largest absolute Gasteiger partial charge is 0.455 e. The number of para-hydroxylation sites is 2. The third kappa shape index (κ3) is 3.30. The molecular weight excluding hydrogens is 496 g/mol. The van der Waals surface area contributed by atoms with Gasteiger partial charge >= 0.3 is 0 Å². The second-order valence-corrected chi connectivity index (χ2v) is 10.9. The Morgan fingerprint density at radius 2 is 0.854 bits per heavy atom. The van der Waals surface area contributed by atoms with Crippen LogP contribution in [-0.4, -0.2) is 0 Å². The van der Waals surface area contributed by atoms with E-state index in [4.69, 9.17) is 4.42 Å². The molecule has 1 aromatic heterocycles. The lowest BCUT2D eigenvalue weighted by molar-refractivity contribution is 0.670. The minimum absolute atomic E-state index is 0.927. The Morgan fingerprint density at radius 1 is 0.317 bits per heavy atom. The highest BCUT2D eigenvalue weighted by Gasteiger charge is 2.16. The van der Waals surface area contributed by atoms with Crippen LogP contribution in [0.25, 0.3) is 87.6 Å². The molecule has 8 aromatic carbocycles. The molecule has 0 saturated carbocycles. The van der Waals surface area contributed by atoms with E-state index in [2.05, 4.69) is 133 Å². The summed E-state index contributed by atoms with van der Waals surface area (Å²) in [5, 5.41) is 10.2. The Balaban J connectivity index is 1.21. The molecule has 0 fully saturated rings. The molecule has 0 radical (unpaired) electrons. The lowest BCUT2D eigenvalue weighted by atomic mass is 9.87. The molecular formula is C40H24O. The van der Waals surface area contributed by atoms with Crippen LogP contribution in [-0.2, 0) is 0 Å². The lowest BCUT2D eigenvalue weighted by Gasteiger charge is -2.16. The van der Waals surface area contributed by atoms with E-state index >= 15 is 0 Å². The van der Waals surface area contributed by atoms with Gasteiger partial charge in [-0.15, -0.1) is 0 Å². The summed E-state index contributed by atoms with van der Waals surface area (Å²) in [5.41, 5.74) is 9.15. The maximum Gasteiger partial charge on any atom is 0.143 e. The smallest absolute Gasteiger partial charge is 0.143 e. The van der Waals surface area contributed by atoms with Crippen LogP contribution >= 0.6 is 0 Å². The fourth-order valence-corrected chi connectivity index (χ4v) is 6.73. The van der Waals surface area contributed by atoms with E-state index in [1.54, 1.807) is 0 Å². The minimum Gasteiger partial charge on any atom is -0.455 e. The van der Waals surface area contributed by atoms with Crippen LogP contribution in [0.5, 0.6) is 0 Å². The Kier molecular flexibility index (Phi) is 4.67. The fourth-order valence-electron chi connectivity index (χ4n) is 6.73. The van der Waals surface area contributed by atoms with Gasteiger partial charge in [-0.05, 0) is 66.2 Å². The van der Waals surface area contributed by atoms with Gasteiger partial charge in [-0.2, -0.15) is 0 Å². The van der Waals surface area contributed by atoms with Gasteiger partial charge in [0.2, 0.25) is 0 Å². The first-order valence-electron chi connectivity index (χ1n) is 14.1. The molecule has 9 rings (SSSR count). The number of fused-ring (bicyclic) bond motifs is 3. The summed E-state index contributed by atoms with van der Waals surface area (Å²) in [4.78, 5) is 0. The molecule has 190 valence electrons. The monoisotopic (exact) mass is 520 g/mol. The predicted molar refractivity (Wildman–Crippen MR) is 174 cm³/mol. The third-order valence-corrected chi connectivity index (χ3v) is 8.66. The molecule has 0 aliphatic carbocycles. The van der Waals surface area contributed by atoms with E-state index in [0.717, 1.165) is 33.1 Å². The van der Waals surface area contributed by atoms with E-state index in [0.29, 0.717) is 0 Å². The van der Waals surface area contributed by atoms with Gasteiger partial charge in [0.05, 0.1) is 0 Å². The summed E-state index contributed by atoms with van der Waals surface area (Å²) < 4.78 is 6.32. The molecule has 1 nitrogen and oxygen atoms in total. The van der Waals surface area contributed by atoms with Crippen LogP contribution in [0.4, 0.5) is 0 Å². The number of benzene rings is 8. The zero-order chi connectivity index (χ0) is 26.9.